The van der Waals surface area contributed by atoms with Crippen LogP contribution < -0.4 is 21.4 Å². The van der Waals surface area contributed by atoms with Gasteiger partial charge in [-0.3, -0.25) is 9.59 Å². The fourth-order valence-electron chi connectivity index (χ4n) is 3.93. The van der Waals surface area contributed by atoms with Gasteiger partial charge in [-0.1, -0.05) is 0 Å². The predicted octanol–water partition coefficient (Wildman–Crippen LogP) is 1.78. The second kappa shape index (κ2) is 8.43. The summed E-state index contributed by atoms with van der Waals surface area (Å²) < 4.78 is 31.9. The number of amides is 1. The molecule has 168 valence electrons. The number of aromatic carboxylic acids is 1. The molecule has 4 rings (SSSR count). The van der Waals surface area contributed by atoms with Crippen LogP contribution in [0.25, 0.3) is 10.9 Å². The fourth-order valence-corrected chi connectivity index (χ4v) is 3.93. The van der Waals surface area contributed by atoms with E-state index in [1.165, 1.54) is 9.47 Å². The van der Waals surface area contributed by atoms with E-state index < -0.39 is 34.6 Å². The Morgan fingerprint density at radius 3 is 2.55 bits per heavy atom. The Morgan fingerprint density at radius 2 is 1.97 bits per heavy atom. The third kappa shape index (κ3) is 4.09. The van der Waals surface area contributed by atoms with Crippen molar-refractivity contribution in [3.63, 3.8) is 0 Å². The molecule has 8 nitrogen and oxygen atoms in total. The lowest BCUT2D eigenvalue weighted by atomic mass is 10.1. The van der Waals surface area contributed by atoms with Crippen LogP contribution in [0.2, 0.25) is 0 Å². The van der Waals surface area contributed by atoms with E-state index in [0.717, 1.165) is 25.1 Å². The van der Waals surface area contributed by atoms with Crippen molar-refractivity contribution in [3.8, 4) is 0 Å². The van der Waals surface area contributed by atoms with Crippen molar-refractivity contribution in [1.29, 1.82) is 0 Å². The number of nitrogens with two attached hydrogens (primary N) is 1. The highest BCUT2D eigenvalue weighted by Crippen LogP contribution is 2.40. The Labute approximate surface area is 182 Å². The van der Waals surface area contributed by atoms with Crippen molar-refractivity contribution >= 4 is 40.9 Å². The third-order valence-electron chi connectivity index (χ3n) is 5.62. The van der Waals surface area contributed by atoms with E-state index in [1.807, 2.05) is 0 Å². The Morgan fingerprint density at radius 1 is 1.29 bits per heavy atom. The van der Waals surface area contributed by atoms with Gasteiger partial charge < -0.3 is 25.6 Å². The lowest BCUT2D eigenvalue weighted by molar-refractivity contribution is -0.122. The summed E-state index contributed by atoms with van der Waals surface area (Å²) in [7, 11) is 0. The summed E-state index contributed by atoms with van der Waals surface area (Å²) in [6, 6.07) is -0.215. The number of carbonyl (C=O) groups excluding carboxylic acids is 1. The highest BCUT2D eigenvalue weighted by atomic mass is 35.5. The van der Waals surface area contributed by atoms with E-state index in [-0.39, 0.29) is 53.5 Å². The number of pyridine rings is 1. The van der Waals surface area contributed by atoms with Gasteiger partial charge in [0.2, 0.25) is 11.3 Å². The highest BCUT2D eigenvalue weighted by molar-refractivity contribution is 5.94. The van der Waals surface area contributed by atoms with Crippen molar-refractivity contribution in [1.82, 2.24) is 9.88 Å². The van der Waals surface area contributed by atoms with Crippen LogP contribution in [0.3, 0.4) is 0 Å². The summed E-state index contributed by atoms with van der Waals surface area (Å²) in [6.07, 6.45) is 3.07. The Hall–Kier alpha value is -2.72. The molecular formula is C20H23ClF2N4O4. The molecule has 0 spiro atoms. The Bertz CT molecular complexity index is 1120. The number of rotatable bonds is 5. The first-order valence-corrected chi connectivity index (χ1v) is 9.80. The fraction of sp³-hybridized carbons (Fsp3) is 0.450. The van der Waals surface area contributed by atoms with Gasteiger partial charge in [0.15, 0.2) is 5.82 Å². The number of fused-ring (bicyclic) bond motifs is 1. The molecule has 0 radical (unpaired) electrons. The van der Waals surface area contributed by atoms with Crippen LogP contribution in [0.5, 0.6) is 0 Å². The molecule has 1 saturated carbocycles. The van der Waals surface area contributed by atoms with Gasteiger partial charge >= 0.3 is 5.97 Å². The standard InChI is InChI=1S/C20H22F2N4O4.ClH/c1-9(23)19(28)24-10-4-5-25(7-10)17-14(21)6-12-16(15(17)22)26(11-2-3-11)8-13(18(12)27)20(29)30;/h6,8-11H,2-5,7,23H2,1H3,(H,24,28)(H,29,30);1H. The van der Waals surface area contributed by atoms with Crippen LogP contribution in [0.4, 0.5) is 14.5 Å². The molecule has 1 amide bonds. The van der Waals surface area contributed by atoms with Crippen molar-refractivity contribution in [2.45, 2.75) is 44.3 Å². The van der Waals surface area contributed by atoms with E-state index in [1.54, 1.807) is 6.92 Å². The molecule has 2 fully saturated rings. The number of aromatic nitrogens is 1. The molecule has 2 atom stereocenters. The summed E-state index contributed by atoms with van der Waals surface area (Å²) in [5, 5.41) is 11.8. The molecule has 4 N–H and O–H groups in total. The van der Waals surface area contributed by atoms with Gasteiger partial charge in [0.05, 0.1) is 16.9 Å². The number of nitrogens with one attached hydrogen (secondary N) is 1. The first kappa shape index (κ1) is 23.0. The van der Waals surface area contributed by atoms with Crippen LogP contribution >= 0.6 is 12.4 Å². The normalized spacial score (nSPS) is 19.2. The van der Waals surface area contributed by atoms with Crippen molar-refractivity contribution < 1.29 is 23.5 Å². The van der Waals surface area contributed by atoms with Gasteiger partial charge in [0.1, 0.15) is 17.1 Å². The maximum Gasteiger partial charge on any atom is 0.341 e. The number of benzene rings is 1. The lowest BCUT2D eigenvalue weighted by Crippen LogP contribution is -2.45. The molecule has 1 aliphatic carbocycles. The van der Waals surface area contributed by atoms with E-state index in [4.69, 9.17) is 5.73 Å². The maximum atomic E-state index is 15.6. The van der Waals surface area contributed by atoms with Crippen LogP contribution in [0.15, 0.2) is 17.1 Å². The van der Waals surface area contributed by atoms with Crippen molar-refractivity contribution in [2.75, 3.05) is 18.0 Å². The van der Waals surface area contributed by atoms with Gasteiger partial charge in [0.25, 0.3) is 0 Å². The van der Waals surface area contributed by atoms with Gasteiger partial charge in [0, 0.05) is 31.4 Å². The molecule has 1 saturated heterocycles. The number of hydrogen-bond acceptors (Lipinski definition) is 5. The number of carboxylic acids is 1. The number of hydrogen-bond donors (Lipinski definition) is 3. The smallest absolute Gasteiger partial charge is 0.341 e. The summed E-state index contributed by atoms with van der Waals surface area (Å²) in [6.45, 7) is 2.05. The zero-order valence-electron chi connectivity index (χ0n) is 16.7. The van der Waals surface area contributed by atoms with E-state index in [9.17, 15) is 23.9 Å². The van der Waals surface area contributed by atoms with Crippen molar-refractivity contribution in [2.24, 2.45) is 5.73 Å². The summed E-state index contributed by atoms with van der Waals surface area (Å²) in [5.41, 5.74) is 3.75. The molecule has 2 aromatic rings. The van der Waals surface area contributed by atoms with Gasteiger partial charge in [-0.2, -0.15) is 0 Å². The third-order valence-corrected chi connectivity index (χ3v) is 5.62. The minimum absolute atomic E-state index is 0. The first-order chi connectivity index (χ1) is 14.2. The molecule has 1 aromatic carbocycles. The molecule has 0 bridgehead atoms. The number of carbonyl (C=O) groups is 2. The largest absolute Gasteiger partial charge is 0.477 e. The molecule has 2 heterocycles. The van der Waals surface area contributed by atoms with E-state index >= 15 is 4.39 Å². The predicted molar refractivity (Wildman–Crippen MR) is 113 cm³/mol. The van der Waals surface area contributed by atoms with Gasteiger partial charge in [-0.25, -0.2) is 13.6 Å². The summed E-state index contributed by atoms with van der Waals surface area (Å²) in [4.78, 5) is 37.3. The monoisotopic (exact) mass is 456 g/mol. The molecule has 31 heavy (non-hydrogen) atoms. The summed E-state index contributed by atoms with van der Waals surface area (Å²) >= 11 is 0. The zero-order valence-corrected chi connectivity index (χ0v) is 17.5. The van der Waals surface area contributed by atoms with Crippen LogP contribution in [0, 0.1) is 11.6 Å². The van der Waals surface area contributed by atoms with Crippen LogP contribution in [-0.4, -0.2) is 46.7 Å². The SMILES string of the molecule is CC(N)C(=O)NC1CCN(c2c(F)cc3c(=O)c(C(=O)O)cn(C4CC4)c3c2F)C1.Cl. The van der Waals surface area contributed by atoms with Crippen LogP contribution in [-0.2, 0) is 4.79 Å². The van der Waals surface area contributed by atoms with Gasteiger partial charge in [-0.15, -0.1) is 12.4 Å². The zero-order chi connectivity index (χ0) is 21.7. The number of anilines is 1. The number of nitrogens with zero attached hydrogens (tertiary/aromatic N) is 2. The quantitative estimate of drug-likeness (QED) is 0.631. The summed E-state index contributed by atoms with van der Waals surface area (Å²) in [5.74, 6) is -3.62. The van der Waals surface area contributed by atoms with E-state index in [0.29, 0.717) is 13.0 Å². The van der Waals surface area contributed by atoms with Crippen molar-refractivity contribution in [3.05, 3.63) is 39.7 Å². The Kier molecular flexibility index (Phi) is 6.24. The van der Waals surface area contributed by atoms with Gasteiger partial charge in [-0.05, 0) is 32.3 Å². The average molecular weight is 457 g/mol. The maximum absolute atomic E-state index is 15.6. The number of carboxylic acid groups (broad SMARTS) is 1. The molecule has 1 aromatic heterocycles. The van der Waals surface area contributed by atoms with Crippen LogP contribution in [0.1, 0.15) is 42.6 Å². The van der Waals surface area contributed by atoms with E-state index in [2.05, 4.69) is 5.32 Å². The number of halogens is 3. The minimum Gasteiger partial charge on any atom is -0.477 e. The molecule has 1 aliphatic heterocycles. The highest BCUT2D eigenvalue weighted by Gasteiger charge is 2.33. The second-order valence-electron chi connectivity index (χ2n) is 7.96. The first-order valence-electron chi connectivity index (χ1n) is 9.80. The second-order valence-corrected chi connectivity index (χ2v) is 7.96. The molecule has 2 aliphatic rings. The lowest BCUT2D eigenvalue weighted by Gasteiger charge is -2.23. The molecule has 2 unspecified atom stereocenters. The topological polar surface area (TPSA) is 118 Å². The average Bonchev–Trinajstić information content (AvgIpc) is 3.42. The Balaban J connectivity index is 0.00000272. The molecular weight excluding hydrogens is 434 g/mol. The molecule has 11 heteroatoms. The minimum atomic E-state index is -1.44.